The Morgan fingerprint density at radius 3 is 1.50 bits per heavy atom. The van der Waals surface area contributed by atoms with Crippen LogP contribution in [0, 0.1) is 11.8 Å². The molecule has 3 rings (SSSR count). The summed E-state index contributed by atoms with van der Waals surface area (Å²) < 4.78 is 0.100. The van der Waals surface area contributed by atoms with E-state index in [2.05, 4.69) is 27.7 Å². The molecule has 3 aliphatic rings. The molecule has 2 nitrogen and oxygen atoms in total. The number of carbonyl (C=O) groups is 2. The van der Waals surface area contributed by atoms with E-state index in [1.807, 2.05) is 23.5 Å². The monoisotopic (exact) mass is 284 g/mol. The van der Waals surface area contributed by atoms with Crippen molar-refractivity contribution in [1.82, 2.24) is 0 Å². The van der Waals surface area contributed by atoms with Crippen molar-refractivity contribution in [2.75, 3.05) is 0 Å². The summed E-state index contributed by atoms with van der Waals surface area (Å²) in [7, 11) is 0. The average molecular weight is 284 g/mol. The third kappa shape index (κ3) is 1.87. The van der Waals surface area contributed by atoms with Gasteiger partial charge in [0.05, 0.1) is 0 Å². The van der Waals surface area contributed by atoms with Gasteiger partial charge in [-0.25, -0.2) is 0 Å². The fourth-order valence-electron chi connectivity index (χ4n) is 3.61. The lowest BCUT2D eigenvalue weighted by Gasteiger charge is -2.59. The van der Waals surface area contributed by atoms with Crippen LogP contribution in [0.1, 0.15) is 40.5 Å². The fraction of sp³-hybridized carbons (Fsp3) is 0.857. The molecule has 0 spiro atoms. The number of carbonyl (C=O) groups excluding carboxylic acids is 2. The summed E-state index contributed by atoms with van der Waals surface area (Å²) in [4.78, 5) is 24.5. The lowest BCUT2D eigenvalue weighted by atomic mass is 9.65. The summed E-state index contributed by atoms with van der Waals surface area (Å²) >= 11 is 3.87. The van der Waals surface area contributed by atoms with Crippen LogP contribution in [0.2, 0.25) is 0 Å². The Bertz CT molecular complexity index is 388. The van der Waals surface area contributed by atoms with Gasteiger partial charge in [0.1, 0.15) is 11.6 Å². The molecular formula is C14H20O2S2. The topological polar surface area (TPSA) is 34.1 Å². The normalized spacial score (nSPS) is 44.9. The first kappa shape index (κ1) is 13.0. The molecule has 0 N–H and O–H groups in total. The van der Waals surface area contributed by atoms with E-state index in [1.165, 1.54) is 0 Å². The van der Waals surface area contributed by atoms with Crippen molar-refractivity contribution in [3.8, 4) is 0 Å². The summed E-state index contributed by atoms with van der Waals surface area (Å²) in [6.45, 7) is 8.61. The second kappa shape index (κ2) is 3.78. The Morgan fingerprint density at radius 2 is 1.17 bits per heavy atom. The predicted molar refractivity (Wildman–Crippen MR) is 77.1 cm³/mol. The number of thioether (sulfide) groups is 2. The maximum Gasteiger partial charge on any atom is 0.139 e. The molecule has 0 unspecified atom stereocenters. The van der Waals surface area contributed by atoms with Gasteiger partial charge in [0.25, 0.3) is 0 Å². The van der Waals surface area contributed by atoms with Gasteiger partial charge in [0.2, 0.25) is 0 Å². The second-order valence-electron chi connectivity index (χ2n) is 7.02. The van der Waals surface area contributed by atoms with Gasteiger partial charge in [-0.2, -0.15) is 0 Å². The zero-order chi connectivity index (χ0) is 13.3. The van der Waals surface area contributed by atoms with E-state index < -0.39 is 0 Å². The van der Waals surface area contributed by atoms with Crippen LogP contribution < -0.4 is 0 Å². The van der Waals surface area contributed by atoms with Crippen LogP contribution in [0.3, 0.4) is 0 Å². The summed E-state index contributed by atoms with van der Waals surface area (Å²) in [6.07, 6.45) is 1.26. The third-order valence-electron chi connectivity index (χ3n) is 4.27. The lowest BCUT2D eigenvalue weighted by molar-refractivity contribution is -0.138. The average Bonchev–Trinajstić information content (AvgIpc) is 2.15. The van der Waals surface area contributed by atoms with Gasteiger partial charge in [-0.15, -0.1) is 23.5 Å². The van der Waals surface area contributed by atoms with E-state index in [9.17, 15) is 9.59 Å². The predicted octanol–water partition coefficient (Wildman–Crippen LogP) is 2.94. The van der Waals surface area contributed by atoms with Crippen molar-refractivity contribution in [1.29, 1.82) is 0 Å². The van der Waals surface area contributed by atoms with Crippen molar-refractivity contribution in [3.05, 3.63) is 0 Å². The fourth-order valence-corrected chi connectivity index (χ4v) is 7.41. The van der Waals surface area contributed by atoms with Gasteiger partial charge in [0, 0.05) is 44.7 Å². The minimum Gasteiger partial charge on any atom is -0.299 e. The van der Waals surface area contributed by atoms with E-state index >= 15 is 0 Å². The first-order valence-electron chi connectivity index (χ1n) is 6.61. The number of ketones is 2. The van der Waals surface area contributed by atoms with E-state index in [-0.39, 0.29) is 21.3 Å². The highest BCUT2D eigenvalue weighted by molar-refractivity contribution is 8.05. The Hall–Kier alpha value is 0.0400. The van der Waals surface area contributed by atoms with E-state index in [4.69, 9.17) is 0 Å². The summed E-state index contributed by atoms with van der Waals surface area (Å²) in [5, 5.41) is 0.750. The van der Waals surface area contributed by atoms with Crippen LogP contribution in [0.4, 0.5) is 0 Å². The van der Waals surface area contributed by atoms with Crippen LogP contribution in [-0.4, -0.2) is 31.6 Å². The molecule has 2 saturated heterocycles. The van der Waals surface area contributed by atoms with Gasteiger partial charge >= 0.3 is 0 Å². The molecule has 2 aliphatic heterocycles. The first-order chi connectivity index (χ1) is 8.20. The quantitative estimate of drug-likeness (QED) is 0.685. The molecule has 4 heteroatoms. The minimum atomic E-state index is 0.0316. The molecule has 3 fully saturated rings. The molecule has 1 aliphatic carbocycles. The van der Waals surface area contributed by atoms with Gasteiger partial charge in [0.15, 0.2) is 0 Å². The second-order valence-corrected chi connectivity index (χ2v) is 10.8. The van der Waals surface area contributed by atoms with Crippen LogP contribution in [-0.2, 0) is 9.59 Å². The molecule has 0 bridgehead atoms. The highest BCUT2D eigenvalue weighted by Gasteiger charge is 2.64. The molecule has 0 radical (unpaired) electrons. The zero-order valence-electron chi connectivity index (χ0n) is 11.4. The molecule has 100 valence electrons. The third-order valence-corrected chi connectivity index (χ3v) is 7.73. The van der Waals surface area contributed by atoms with Crippen molar-refractivity contribution >= 4 is 35.1 Å². The number of fused-ring (bicyclic) bond motifs is 4. The largest absolute Gasteiger partial charge is 0.299 e. The summed E-state index contributed by atoms with van der Waals surface area (Å²) in [6, 6.07) is 0. The van der Waals surface area contributed by atoms with E-state index in [0.717, 1.165) is 0 Å². The Balaban J connectivity index is 1.87. The number of hydrogen-bond donors (Lipinski definition) is 0. The summed E-state index contributed by atoms with van der Waals surface area (Å²) in [5.74, 6) is 0.727. The SMILES string of the molecule is CC1(C)CC(=O)[C@@H]2[C@H](S1)[C@H]1SC(C)(C)CC(=O)[C@H]12. The lowest BCUT2D eigenvalue weighted by Crippen LogP contribution is -2.65. The summed E-state index contributed by atoms with van der Waals surface area (Å²) in [5.41, 5.74) is 0. The molecule has 0 aromatic carbocycles. The molecule has 0 aromatic rings. The van der Waals surface area contributed by atoms with Crippen LogP contribution >= 0.6 is 23.5 Å². The van der Waals surface area contributed by atoms with Gasteiger partial charge in [-0.3, -0.25) is 9.59 Å². The number of Topliss-reactive ketones (excluding diaryl/α,β-unsaturated/α-hetero) is 2. The standard InChI is InChI=1S/C14H20O2S2/c1-13(2)5-7(15)9-10-8(16)6-14(3,4)18-12(10)11(9)17-13/h9-12H,5-6H2,1-4H3/t9-,10-,11-,12-/m0/s1. The Morgan fingerprint density at radius 1 is 0.833 bits per heavy atom. The van der Waals surface area contributed by atoms with E-state index in [1.54, 1.807) is 0 Å². The molecule has 0 aromatic heterocycles. The minimum absolute atomic E-state index is 0.0316. The Labute approximate surface area is 117 Å². The molecule has 2 heterocycles. The van der Waals surface area contributed by atoms with Crippen molar-refractivity contribution < 1.29 is 9.59 Å². The van der Waals surface area contributed by atoms with Crippen LogP contribution in [0.25, 0.3) is 0 Å². The molecule has 1 saturated carbocycles. The van der Waals surface area contributed by atoms with Crippen LogP contribution in [0.15, 0.2) is 0 Å². The van der Waals surface area contributed by atoms with Gasteiger partial charge in [-0.1, -0.05) is 27.7 Å². The Kier molecular flexibility index (Phi) is 2.74. The maximum atomic E-state index is 12.3. The van der Waals surface area contributed by atoms with Crippen LogP contribution in [0.5, 0.6) is 0 Å². The molecule has 18 heavy (non-hydrogen) atoms. The van der Waals surface area contributed by atoms with Gasteiger partial charge in [-0.05, 0) is 0 Å². The first-order valence-corrected chi connectivity index (χ1v) is 8.37. The maximum absolute atomic E-state index is 12.3. The highest BCUT2D eigenvalue weighted by atomic mass is 32.2. The van der Waals surface area contributed by atoms with E-state index in [0.29, 0.717) is 34.9 Å². The molecular weight excluding hydrogens is 264 g/mol. The van der Waals surface area contributed by atoms with Crippen molar-refractivity contribution in [2.45, 2.75) is 60.5 Å². The number of rotatable bonds is 0. The van der Waals surface area contributed by atoms with Crippen molar-refractivity contribution in [2.24, 2.45) is 11.8 Å². The smallest absolute Gasteiger partial charge is 0.139 e. The zero-order valence-corrected chi connectivity index (χ0v) is 13.0. The number of hydrogen-bond acceptors (Lipinski definition) is 4. The highest BCUT2D eigenvalue weighted by Crippen LogP contribution is 2.62. The molecule has 0 amide bonds. The molecule has 4 atom stereocenters. The van der Waals surface area contributed by atoms with Gasteiger partial charge < -0.3 is 0 Å². The van der Waals surface area contributed by atoms with Crippen molar-refractivity contribution in [3.63, 3.8) is 0 Å².